The summed E-state index contributed by atoms with van der Waals surface area (Å²) in [5, 5.41) is 0. The summed E-state index contributed by atoms with van der Waals surface area (Å²) in [4.78, 5) is 4.38. The smallest absolute Gasteiger partial charge is 0.152 e. The average Bonchev–Trinajstić information content (AvgIpc) is 3.01. The van der Waals surface area contributed by atoms with Gasteiger partial charge in [-0.25, -0.2) is 8.42 Å². The van der Waals surface area contributed by atoms with Gasteiger partial charge in [0, 0.05) is 38.3 Å². The number of hydrogen-bond donors (Lipinski definition) is 0. The van der Waals surface area contributed by atoms with E-state index in [1.165, 1.54) is 0 Å². The lowest BCUT2D eigenvalue weighted by atomic mass is 10.6. The third-order valence-electron chi connectivity index (χ3n) is 3.36. The first-order valence-corrected chi connectivity index (χ1v) is 7.48. The van der Waals surface area contributed by atoms with Crippen molar-refractivity contribution in [2.24, 2.45) is 0 Å². The molecule has 2 unspecified atom stereocenters. The molecule has 2 fully saturated rings. The molecule has 2 aliphatic heterocycles. The van der Waals surface area contributed by atoms with Crippen LogP contribution in [0.4, 0.5) is 0 Å². The largest absolute Gasteiger partial charge is 0.297 e. The van der Waals surface area contributed by atoms with E-state index in [2.05, 4.69) is 23.6 Å². The topological polar surface area (TPSA) is 40.2 Å². The van der Waals surface area contributed by atoms with Crippen molar-refractivity contribution in [2.75, 3.05) is 37.7 Å². The fraction of sp³-hybridized carbons (Fsp3) is 1.00. The van der Waals surface area contributed by atoms with Crippen molar-refractivity contribution < 1.29 is 8.42 Å². The lowest BCUT2D eigenvalue weighted by molar-refractivity contribution is 0.521. The summed E-state index contributed by atoms with van der Waals surface area (Å²) in [5.41, 5.74) is 0. The summed E-state index contributed by atoms with van der Waals surface area (Å²) in [6, 6.07) is 1.21. The average molecular weight is 232 g/mol. The maximum absolute atomic E-state index is 11.7. The van der Waals surface area contributed by atoms with Gasteiger partial charge in [0.25, 0.3) is 0 Å². The van der Waals surface area contributed by atoms with Gasteiger partial charge in [-0.3, -0.25) is 9.80 Å². The molecule has 0 amide bonds. The van der Waals surface area contributed by atoms with Gasteiger partial charge in [0.2, 0.25) is 0 Å². The maximum Gasteiger partial charge on any atom is 0.152 e. The number of sulfone groups is 1. The number of hydrogen-bond acceptors (Lipinski definition) is 4. The molecule has 2 aliphatic rings. The second-order valence-corrected chi connectivity index (χ2v) is 7.14. The quantitative estimate of drug-likeness (QED) is 0.595. The molecule has 2 saturated heterocycles. The van der Waals surface area contributed by atoms with Gasteiger partial charge in [-0.1, -0.05) is 0 Å². The molecule has 0 bridgehead atoms. The van der Waals surface area contributed by atoms with Crippen molar-refractivity contribution in [3.05, 3.63) is 0 Å². The third-order valence-corrected chi connectivity index (χ3v) is 4.97. The van der Waals surface area contributed by atoms with Gasteiger partial charge in [0.05, 0.1) is 11.5 Å². The maximum atomic E-state index is 11.7. The molecule has 0 spiro atoms. The molecule has 0 aromatic carbocycles. The Kier molecular flexibility index (Phi) is 3.05. The minimum Gasteiger partial charge on any atom is -0.297 e. The van der Waals surface area contributed by atoms with Crippen LogP contribution < -0.4 is 0 Å². The Morgan fingerprint density at radius 3 is 1.60 bits per heavy atom. The molecule has 15 heavy (non-hydrogen) atoms. The first kappa shape index (κ1) is 11.4. The molecule has 0 saturated carbocycles. The summed E-state index contributed by atoms with van der Waals surface area (Å²) < 4.78 is 23.3. The standard InChI is InChI=1S/C10H20N2O2S/c1-9-7-11(9)3-5-15(13,14)6-4-12-8-10(12)2/h9-10H,3-8H2,1-2H3/t9-,10+,11?,12?. The van der Waals surface area contributed by atoms with Crippen molar-refractivity contribution in [3.8, 4) is 0 Å². The summed E-state index contributed by atoms with van der Waals surface area (Å²) in [6.45, 7) is 7.84. The molecule has 2 rings (SSSR count). The number of rotatable bonds is 6. The van der Waals surface area contributed by atoms with E-state index in [9.17, 15) is 8.42 Å². The highest BCUT2D eigenvalue weighted by Crippen LogP contribution is 2.17. The molecule has 0 N–H and O–H groups in total. The van der Waals surface area contributed by atoms with E-state index < -0.39 is 9.84 Å². The van der Waals surface area contributed by atoms with Crippen molar-refractivity contribution in [2.45, 2.75) is 25.9 Å². The lowest BCUT2D eigenvalue weighted by Crippen LogP contribution is -2.23. The predicted molar refractivity (Wildman–Crippen MR) is 60.7 cm³/mol. The van der Waals surface area contributed by atoms with Crippen molar-refractivity contribution in [1.82, 2.24) is 9.80 Å². The SMILES string of the molecule is C[C@@H]1CN1CCS(=O)(=O)CCN1C[C@@H]1C. The van der Waals surface area contributed by atoms with Gasteiger partial charge >= 0.3 is 0 Å². The Balaban J connectivity index is 1.65. The fourth-order valence-corrected chi connectivity index (χ4v) is 3.05. The van der Waals surface area contributed by atoms with Crippen LogP contribution in [0.2, 0.25) is 0 Å². The van der Waals surface area contributed by atoms with E-state index in [4.69, 9.17) is 0 Å². The van der Waals surface area contributed by atoms with Gasteiger partial charge < -0.3 is 0 Å². The molecule has 2 heterocycles. The van der Waals surface area contributed by atoms with Crippen LogP contribution in [-0.4, -0.2) is 68.0 Å². The van der Waals surface area contributed by atoms with Crippen LogP contribution in [0.1, 0.15) is 13.8 Å². The van der Waals surface area contributed by atoms with Crippen molar-refractivity contribution in [1.29, 1.82) is 0 Å². The second-order valence-electron chi connectivity index (χ2n) is 4.84. The monoisotopic (exact) mass is 232 g/mol. The van der Waals surface area contributed by atoms with Crippen LogP contribution in [0.25, 0.3) is 0 Å². The predicted octanol–water partition coefficient (Wildman–Crippen LogP) is -0.191. The Labute approximate surface area is 92.2 Å². The van der Waals surface area contributed by atoms with Gasteiger partial charge in [-0.15, -0.1) is 0 Å². The molecule has 0 radical (unpaired) electrons. The molecule has 5 heteroatoms. The van der Waals surface area contributed by atoms with E-state index in [0.717, 1.165) is 26.2 Å². The van der Waals surface area contributed by atoms with Crippen LogP contribution >= 0.6 is 0 Å². The molecule has 0 aromatic rings. The Hall–Kier alpha value is -0.130. The molecule has 0 aromatic heterocycles. The number of nitrogens with zero attached hydrogens (tertiary/aromatic N) is 2. The highest BCUT2D eigenvalue weighted by Gasteiger charge is 2.32. The van der Waals surface area contributed by atoms with E-state index in [1.54, 1.807) is 0 Å². The van der Waals surface area contributed by atoms with Crippen LogP contribution in [0, 0.1) is 0 Å². The zero-order valence-corrected chi connectivity index (χ0v) is 10.3. The van der Waals surface area contributed by atoms with Crippen molar-refractivity contribution in [3.63, 3.8) is 0 Å². The molecule has 4 atom stereocenters. The normalized spacial score (nSPS) is 39.1. The molecule has 88 valence electrons. The van der Waals surface area contributed by atoms with Gasteiger partial charge in [-0.2, -0.15) is 0 Å². The van der Waals surface area contributed by atoms with E-state index >= 15 is 0 Å². The Morgan fingerprint density at radius 2 is 1.33 bits per heavy atom. The molecule has 0 aliphatic carbocycles. The minimum atomic E-state index is -2.82. The van der Waals surface area contributed by atoms with Gasteiger partial charge in [0.15, 0.2) is 9.84 Å². The van der Waals surface area contributed by atoms with Crippen LogP contribution in [0.15, 0.2) is 0 Å². The summed E-state index contributed by atoms with van der Waals surface area (Å²) in [5.74, 6) is 0.666. The zero-order valence-electron chi connectivity index (χ0n) is 9.52. The lowest BCUT2D eigenvalue weighted by Gasteiger charge is -2.05. The van der Waals surface area contributed by atoms with Crippen LogP contribution in [0.3, 0.4) is 0 Å². The highest BCUT2D eigenvalue weighted by molar-refractivity contribution is 7.91. The van der Waals surface area contributed by atoms with E-state index in [0.29, 0.717) is 23.6 Å². The second kappa shape index (κ2) is 4.03. The van der Waals surface area contributed by atoms with E-state index in [-0.39, 0.29) is 0 Å². The third kappa shape index (κ3) is 3.43. The summed E-state index contributed by atoms with van der Waals surface area (Å²) >= 11 is 0. The highest BCUT2D eigenvalue weighted by atomic mass is 32.2. The van der Waals surface area contributed by atoms with Gasteiger partial charge in [-0.05, 0) is 13.8 Å². The Bertz CT molecular complexity index is 302. The van der Waals surface area contributed by atoms with Crippen LogP contribution in [0.5, 0.6) is 0 Å². The molecular weight excluding hydrogens is 212 g/mol. The van der Waals surface area contributed by atoms with E-state index in [1.807, 2.05) is 0 Å². The Morgan fingerprint density at radius 1 is 1.00 bits per heavy atom. The van der Waals surface area contributed by atoms with Crippen LogP contribution in [-0.2, 0) is 9.84 Å². The fourth-order valence-electron chi connectivity index (χ4n) is 1.82. The molecular formula is C10H20N2O2S. The van der Waals surface area contributed by atoms with Gasteiger partial charge in [0.1, 0.15) is 0 Å². The summed E-state index contributed by atoms with van der Waals surface area (Å²) in [7, 11) is -2.82. The zero-order chi connectivity index (χ0) is 11.1. The first-order valence-electron chi connectivity index (χ1n) is 5.66. The van der Waals surface area contributed by atoms with Crippen molar-refractivity contribution >= 4 is 9.84 Å². The minimum absolute atomic E-state index is 0.333. The summed E-state index contributed by atoms with van der Waals surface area (Å²) in [6.07, 6.45) is 0. The first-order chi connectivity index (χ1) is 6.98. The molecule has 4 nitrogen and oxygen atoms in total.